The molecule has 2 rings (SSSR count). The Morgan fingerprint density at radius 3 is 2.65 bits per heavy atom. The first-order chi connectivity index (χ1) is 9.74. The first kappa shape index (κ1) is 15.1. The van der Waals surface area contributed by atoms with Gasteiger partial charge in [0.25, 0.3) is 0 Å². The van der Waals surface area contributed by atoms with Gasteiger partial charge in [-0.1, -0.05) is 11.6 Å². The lowest BCUT2D eigenvalue weighted by Crippen LogP contribution is -2.44. The lowest BCUT2D eigenvalue weighted by Gasteiger charge is -2.26. The van der Waals surface area contributed by atoms with E-state index >= 15 is 0 Å². The van der Waals surface area contributed by atoms with E-state index in [4.69, 9.17) is 21.1 Å². The standard InChI is InChI=1S/C14H19ClN2O3/c15-12-1-3-13(4-2-12)20-11-14(18)19-10-9-17-7-5-16-6-8-17/h1-4,16H,5-11H2. The number of esters is 1. The van der Waals surface area contributed by atoms with Gasteiger partial charge in [0.2, 0.25) is 0 Å². The van der Waals surface area contributed by atoms with Crippen molar-refractivity contribution in [3.8, 4) is 5.75 Å². The molecule has 1 aromatic carbocycles. The Morgan fingerprint density at radius 1 is 1.25 bits per heavy atom. The van der Waals surface area contributed by atoms with Crippen LogP contribution in [0.3, 0.4) is 0 Å². The molecule has 0 aliphatic carbocycles. The minimum Gasteiger partial charge on any atom is -0.482 e. The van der Waals surface area contributed by atoms with Crippen LogP contribution in [0.25, 0.3) is 0 Å². The van der Waals surface area contributed by atoms with Gasteiger partial charge < -0.3 is 14.8 Å². The predicted molar refractivity (Wildman–Crippen MR) is 77.2 cm³/mol. The summed E-state index contributed by atoms with van der Waals surface area (Å²) in [5.74, 6) is 0.253. The zero-order valence-electron chi connectivity index (χ0n) is 11.3. The van der Waals surface area contributed by atoms with E-state index in [1.165, 1.54) is 0 Å². The van der Waals surface area contributed by atoms with E-state index < -0.39 is 0 Å². The molecule has 1 aromatic rings. The first-order valence-electron chi connectivity index (χ1n) is 6.71. The molecule has 1 aliphatic heterocycles. The third-order valence-corrected chi connectivity index (χ3v) is 3.30. The smallest absolute Gasteiger partial charge is 0.344 e. The van der Waals surface area contributed by atoms with Gasteiger partial charge in [0.05, 0.1) is 0 Å². The number of piperazine rings is 1. The number of benzene rings is 1. The SMILES string of the molecule is O=C(COc1ccc(Cl)cc1)OCCN1CCNCC1. The molecule has 0 spiro atoms. The van der Waals surface area contributed by atoms with Crippen molar-refractivity contribution in [2.24, 2.45) is 0 Å². The van der Waals surface area contributed by atoms with E-state index in [2.05, 4.69) is 10.2 Å². The van der Waals surface area contributed by atoms with Gasteiger partial charge in [-0.15, -0.1) is 0 Å². The minimum absolute atomic E-state index is 0.0802. The molecule has 0 saturated carbocycles. The molecule has 1 N–H and O–H groups in total. The van der Waals surface area contributed by atoms with Crippen molar-refractivity contribution in [1.29, 1.82) is 0 Å². The summed E-state index contributed by atoms with van der Waals surface area (Å²) in [6.45, 7) is 5.08. The molecule has 20 heavy (non-hydrogen) atoms. The highest BCUT2D eigenvalue weighted by Gasteiger charge is 2.10. The van der Waals surface area contributed by atoms with Crippen molar-refractivity contribution in [2.45, 2.75) is 0 Å². The summed E-state index contributed by atoms with van der Waals surface area (Å²) < 4.78 is 10.4. The summed E-state index contributed by atoms with van der Waals surface area (Å²) in [5, 5.41) is 3.91. The average Bonchev–Trinajstić information content (AvgIpc) is 2.48. The monoisotopic (exact) mass is 298 g/mol. The second-order valence-electron chi connectivity index (χ2n) is 4.55. The maximum Gasteiger partial charge on any atom is 0.344 e. The Labute approximate surface area is 123 Å². The van der Waals surface area contributed by atoms with Crippen LogP contribution in [0.15, 0.2) is 24.3 Å². The van der Waals surface area contributed by atoms with Crippen LogP contribution in [0.1, 0.15) is 0 Å². The molecule has 0 unspecified atom stereocenters. The largest absolute Gasteiger partial charge is 0.482 e. The maximum absolute atomic E-state index is 11.5. The fourth-order valence-corrected chi connectivity index (χ4v) is 2.06. The van der Waals surface area contributed by atoms with Crippen LogP contribution in [-0.2, 0) is 9.53 Å². The van der Waals surface area contributed by atoms with E-state index in [0.717, 1.165) is 32.7 Å². The molecule has 0 aromatic heterocycles. The van der Waals surface area contributed by atoms with E-state index in [0.29, 0.717) is 17.4 Å². The van der Waals surface area contributed by atoms with Crippen LogP contribution in [0, 0.1) is 0 Å². The minimum atomic E-state index is -0.352. The third kappa shape index (κ3) is 5.36. The van der Waals surface area contributed by atoms with E-state index in [-0.39, 0.29) is 12.6 Å². The van der Waals surface area contributed by atoms with Crippen LogP contribution in [0.2, 0.25) is 5.02 Å². The fraction of sp³-hybridized carbons (Fsp3) is 0.500. The van der Waals surface area contributed by atoms with Crippen LogP contribution in [0.4, 0.5) is 0 Å². The molecule has 0 radical (unpaired) electrons. The molecule has 5 nitrogen and oxygen atoms in total. The van der Waals surface area contributed by atoms with Crippen molar-refractivity contribution in [3.63, 3.8) is 0 Å². The molecule has 1 fully saturated rings. The van der Waals surface area contributed by atoms with Gasteiger partial charge >= 0.3 is 5.97 Å². The number of nitrogens with zero attached hydrogens (tertiary/aromatic N) is 1. The molecule has 0 atom stereocenters. The lowest BCUT2D eigenvalue weighted by molar-refractivity contribution is -0.146. The molecule has 0 amide bonds. The molecule has 6 heteroatoms. The number of rotatable bonds is 6. The number of halogens is 1. The first-order valence-corrected chi connectivity index (χ1v) is 7.09. The Kier molecular flexibility index (Phi) is 6.11. The average molecular weight is 299 g/mol. The summed E-state index contributed by atoms with van der Waals surface area (Å²) >= 11 is 5.76. The normalized spacial score (nSPS) is 15.8. The Bertz CT molecular complexity index is 419. The Hall–Kier alpha value is -1.30. The lowest BCUT2D eigenvalue weighted by atomic mass is 10.3. The van der Waals surface area contributed by atoms with Crippen molar-refractivity contribution in [2.75, 3.05) is 45.9 Å². The molecule has 1 heterocycles. The van der Waals surface area contributed by atoms with E-state index in [1.54, 1.807) is 24.3 Å². The second-order valence-corrected chi connectivity index (χ2v) is 4.99. The van der Waals surface area contributed by atoms with Gasteiger partial charge in [-0.3, -0.25) is 4.90 Å². The highest BCUT2D eigenvalue weighted by atomic mass is 35.5. The van der Waals surface area contributed by atoms with Crippen molar-refractivity contribution in [3.05, 3.63) is 29.3 Å². The van der Waals surface area contributed by atoms with Crippen LogP contribution in [0.5, 0.6) is 5.75 Å². The molecular formula is C14H19ClN2O3. The summed E-state index contributed by atoms with van der Waals surface area (Å²) in [4.78, 5) is 13.8. The van der Waals surface area contributed by atoms with Crippen molar-refractivity contribution < 1.29 is 14.3 Å². The number of ether oxygens (including phenoxy) is 2. The van der Waals surface area contributed by atoms with Gasteiger partial charge in [0.15, 0.2) is 6.61 Å². The summed E-state index contributed by atoms with van der Waals surface area (Å²) in [6.07, 6.45) is 0. The molecule has 110 valence electrons. The highest BCUT2D eigenvalue weighted by Crippen LogP contribution is 2.15. The predicted octanol–water partition coefficient (Wildman–Crippen LogP) is 1.17. The number of carbonyl (C=O) groups is 1. The highest BCUT2D eigenvalue weighted by molar-refractivity contribution is 6.30. The van der Waals surface area contributed by atoms with Gasteiger partial charge in [0, 0.05) is 37.7 Å². The zero-order valence-corrected chi connectivity index (χ0v) is 12.1. The molecule has 0 bridgehead atoms. The number of carbonyl (C=O) groups excluding carboxylic acids is 1. The zero-order chi connectivity index (χ0) is 14.2. The summed E-state index contributed by atoms with van der Waals surface area (Å²) in [7, 11) is 0. The maximum atomic E-state index is 11.5. The fourth-order valence-electron chi connectivity index (χ4n) is 1.94. The summed E-state index contributed by atoms with van der Waals surface area (Å²) in [5.41, 5.74) is 0. The van der Waals surface area contributed by atoms with Crippen molar-refractivity contribution >= 4 is 17.6 Å². The Morgan fingerprint density at radius 2 is 1.95 bits per heavy atom. The summed E-state index contributed by atoms with van der Waals surface area (Å²) in [6, 6.07) is 6.87. The van der Waals surface area contributed by atoms with E-state index in [9.17, 15) is 4.79 Å². The van der Waals surface area contributed by atoms with Crippen LogP contribution < -0.4 is 10.1 Å². The second kappa shape index (κ2) is 8.09. The third-order valence-electron chi connectivity index (χ3n) is 3.05. The number of nitrogens with one attached hydrogen (secondary N) is 1. The molecule has 1 saturated heterocycles. The quantitative estimate of drug-likeness (QED) is 0.799. The Balaban J connectivity index is 1.59. The van der Waals surface area contributed by atoms with Gasteiger partial charge in [-0.05, 0) is 24.3 Å². The molecular weight excluding hydrogens is 280 g/mol. The van der Waals surface area contributed by atoms with Gasteiger partial charge in [-0.2, -0.15) is 0 Å². The number of hydrogen-bond acceptors (Lipinski definition) is 5. The number of hydrogen-bond donors (Lipinski definition) is 1. The van der Waals surface area contributed by atoms with Crippen molar-refractivity contribution in [1.82, 2.24) is 10.2 Å². The topological polar surface area (TPSA) is 50.8 Å². The van der Waals surface area contributed by atoms with Crippen LogP contribution in [-0.4, -0.2) is 56.8 Å². The van der Waals surface area contributed by atoms with Gasteiger partial charge in [-0.25, -0.2) is 4.79 Å². The van der Waals surface area contributed by atoms with Gasteiger partial charge in [0.1, 0.15) is 12.4 Å². The van der Waals surface area contributed by atoms with E-state index in [1.807, 2.05) is 0 Å². The van der Waals surface area contributed by atoms with Crippen LogP contribution >= 0.6 is 11.6 Å². The molecule has 1 aliphatic rings.